The largest absolute Gasteiger partial charge is 0.393 e. The maximum absolute atomic E-state index is 11.5. The molecular formula is C22H41NO4. The van der Waals surface area contributed by atoms with Gasteiger partial charge in [-0.05, 0) is 32.1 Å². The predicted octanol–water partition coefficient (Wildman–Crippen LogP) is 4.80. The Morgan fingerprint density at radius 3 is 1.93 bits per heavy atom. The number of aliphatic hydroxyl groups is 1. The molecule has 0 amide bonds. The first-order valence-electron chi connectivity index (χ1n) is 10.9. The van der Waals surface area contributed by atoms with Gasteiger partial charge in [-0.1, -0.05) is 70.4 Å². The number of hydrogen-bond donors (Lipinski definition) is 2. The fraction of sp³-hybridized carbons (Fsp3) is 0.818. The van der Waals surface area contributed by atoms with Crippen molar-refractivity contribution in [1.82, 2.24) is 0 Å². The summed E-state index contributed by atoms with van der Waals surface area (Å²) in [6.07, 6.45) is 19.3. The standard InChI is InChI=1S/C22H41NO4/c1-2-3-4-5-6-7-8-9-10-11-12-13-14-15-16-17-21(25)27-22(26)18-20(24)19-23/h9-10,20,24H,2-8,11-19,23H2,1H3. The third-order valence-corrected chi connectivity index (χ3v) is 4.54. The van der Waals surface area contributed by atoms with Crippen molar-refractivity contribution in [3.05, 3.63) is 12.2 Å². The van der Waals surface area contributed by atoms with Gasteiger partial charge in [0.2, 0.25) is 0 Å². The van der Waals surface area contributed by atoms with Crippen LogP contribution in [-0.4, -0.2) is 29.7 Å². The number of nitrogens with two attached hydrogens (primary N) is 1. The van der Waals surface area contributed by atoms with E-state index in [1.54, 1.807) is 0 Å². The fourth-order valence-corrected chi connectivity index (χ4v) is 2.84. The van der Waals surface area contributed by atoms with Crippen LogP contribution in [0.2, 0.25) is 0 Å². The maximum Gasteiger partial charge on any atom is 0.316 e. The quantitative estimate of drug-likeness (QED) is 0.153. The van der Waals surface area contributed by atoms with Crippen molar-refractivity contribution in [2.75, 3.05) is 6.54 Å². The highest BCUT2D eigenvalue weighted by Gasteiger charge is 2.14. The van der Waals surface area contributed by atoms with E-state index in [2.05, 4.69) is 23.8 Å². The van der Waals surface area contributed by atoms with Gasteiger partial charge in [-0.15, -0.1) is 0 Å². The summed E-state index contributed by atoms with van der Waals surface area (Å²) < 4.78 is 4.64. The molecule has 5 nitrogen and oxygen atoms in total. The molecule has 0 saturated carbocycles. The molecule has 0 saturated heterocycles. The summed E-state index contributed by atoms with van der Waals surface area (Å²) in [4.78, 5) is 22.8. The molecule has 3 N–H and O–H groups in total. The summed E-state index contributed by atoms with van der Waals surface area (Å²) in [6, 6.07) is 0. The zero-order valence-corrected chi connectivity index (χ0v) is 17.3. The smallest absolute Gasteiger partial charge is 0.316 e. The fourth-order valence-electron chi connectivity index (χ4n) is 2.84. The van der Waals surface area contributed by atoms with E-state index in [-0.39, 0.29) is 19.4 Å². The Morgan fingerprint density at radius 2 is 1.37 bits per heavy atom. The first-order chi connectivity index (χ1) is 13.1. The minimum absolute atomic E-state index is 0.0163. The zero-order valence-electron chi connectivity index (χ0n) is 17.3. The minimum atomic E-state index is -0.940. The lowest BCUT2D eigenvalue weighted by Gasteiger charge is -2.06. The van der Waals surface area contributed by atoms with Crippen LogP contribution in [0.25, 0.3) is 0 Å². The van der Waals surface area contributed by atoms with Crippen molar-refractivity contribution in [3.63, 3.8) is 0 Å². The molecule has 1 unspecified atom stereocenters. The van der Waals surface area contributed by atoms with Crippen LogP contribution in [0.3, 0.4) is 0 Å². The Bertz CT molecular complexity index is 396. The molecule has 0 spiro atoms. The highest BCUT2D eigenvalue weighted by Crippen LogP contribution is 2.10. The average molecular weight is 384 g/mol. The van der Waals surface area contributed by atoms with Crippen LogP contribution < -0.4 is 5.73 Å². The highest BCUT2D eigenvalue weighted by atomic mass is 16.6. The number of esters is 2. The van der Waals surface area contributed by atoms with E-state index in [1.807, 2.05) is 0 Å². The second kappa shape index (κ2) is 19.6. The van der Waals surface area contributed by atoms with Gasteiger partial charge >= 0.3 is 11.9 Å². The van der Waals surface area contributed by atoms with E-state index in [4.69, 9.17) is 5.73 Å². The second-order valence-electron chi connectivity index (χ2n) is 7.27. The van der Waals surface area contributed by atoms with Crippen LogP contribution in [0.15, 0.2) is 12.2 Å². The van der Waals surface area contributed by atoms with Gasteiger partial charge in [0.05, 0.1) is 12.5 Å². The van der Waals surface area contributed by atoms with Crippen molar-refractivity contribution in [2.45, 2.75) is 109 Å². The van der Waals surface area contributed by atoms with Crippen molar-refractivity contribution in [1.29, 1.82) is 0 Å². The third-order valence-electron chi connectivity index (χ3n) is 4.54. The van der Waals surface area contributed by atoms with Crippen LogP contribution in [0.5, 0.6) is 0 Å². The number of hydrogen-bond acceptors (Lipinski definition) is 5. The van der Waals surface area contributed by atoms with Crippen molar-refractivity contribution >= 4 is 11.9 Å². The monoisotopic (exact) mass is 383 g/mol. The molecule has 0 heterocycles. The zero-order chi connectivity index (χ0) is 20.2. The van der Waals surface area contributed by atoms with E-state index in [9.17, 15) is 14.7 Å². The maximum atomic E-state index is 11.5. The van der Waals surface area contributed by atoms with E-state index in [0.717, 1.165) is 32.1 Å². The molecular weight excluding hydrogens is 342 g/mol. The van der Waals surface area contributed by atoms with Crippen LogP contribution in [0.1, 0.15) is 103 Å². The number of rotatable bonds is 18. The van der Waals surface area contributed by atoms with Crippen molar-refractivity contribution < 1.29 is 19.4 Å². The summed E-state index contributed by atoms with van der Waals surface area (Å²) in [6.45, 7) is 2.23. The Hall–Kier alpha value is -1.20. The Kier molecular flexibility index (Phi) is 18.7. The number of carbonyl (C=O) groups excluding carboxylic acids is 2. The lowest BCUT2D eigenvalue weighted by Crippen LogP contribution is -2.25. The van der Waals surface area contributed by atoms with E-state index >= 15 is 0 Å². The van der Waals surface area contributed by atoms with Gasteiger partial charge in [0.15, 0.2) is 0 Å². The first kappa shape index (κ1) is 25.8. The summed E-state index contributed by atoms with van der Waals surface area (Å²) >= 11 is 0. The van der Waals surface area contributed by atoms with Crippen LogP contribution >= 0.6 is 0 Å². The Balaban J connectivity index is 3.36. The van der Waals surface area contributed by atoms with Crippen LogP contribution in [0.4, 0.5) is 0 Å². The summed E-state index contributed by atoms with van der Waals surface area (Å²) in [5, 5.41) is 9.22. The molecule has 0 aliphatic carbocycles. The molecule has 0 aromatic rings. The molecule has 0 rings (SSSR count). The number of ether oxygens (including phenoxy) is 1. The Labute approximate surface area is 165 Å². The first-order valence-corrected chi connectivity index (χ1v) is 10.9. The lowest BCUT2D eigenvalue weighted by molar-refractivity contribution is -0.160. The number of allylic oxidation sites excluding steroid dienone is 2. The van der Waals surface area contributed by atoms with Gasteiger partial charge in [0.1, 0.15) is 0 Å². The lowest BCUT2D eigenvalue weighted by atomic mass is 10.1. The third kappa shape index (κ3) is 19.4. The minimum Gasteiger partial charge on any atom is -0.393 e. The molecule has 27 heavy (non-hydrogen) atoms. The van der Waals surface area contributed by atoms with Gasteiger partial charge in [0, 0.05) is 13.0 Å². The number of aliphatic hydroxyl groups excluding tert-OH is 1. The molecule has 0 fully saturated rings. The Morgan fingerprint density at radius 1 is 0.852 bits per heavy atom. The van der Waals surface area contributed by atoms with E-state index in [1.165, 1.54) is 51.4 Å². The van der Waals surface area contributed by atoms with Crippen molar-refractivity contribution in [3.8, 4) is 0 Å². The normalized spacial score (nSPS) is 12.4. The van der Waals surface area contributed by atoms with Crippen LogP contribution in [0, 0.1) is 0 Å². The topological polar surface area (TPSA) is 89.6 Å². The van der Waals surface area contributed by atoms with Crippen LogP contribution in [-0.2, 0) is 14.3 Å². The van der Waals surface area contributed by atoms with E-state index < -0.39 is 18.0 Å². The summed E-state index contributed by atoms with van der Waals surface area (Å²) in [5.41, 5.74) is 5.20. The molecule has 0 radical (unpaired) electrons. The molecule has 5 heteroatoms. The highest BCUT2D eigenvalue weighted by molar-refractivity contribution is 5.85. The van der Waals surface area contributed by atoms with Crippen molar-refractivity contribution in [2.24, 2.45) is 5.73 Å². The summed E-state index contributed by atoms with van der Waals surface area (Å²) in [7, 11) is 0. The predicted molar refractivity (Wildman–Crippen MR) is 110 cm³/mol. The van der Waals surface area contributed by atoms with Gasteiger partial charge in [0.25, 0.3) is 0 Å². The number of unbranched alkanes of at least 4 members (excludes halogenated alkanes) is 11. The number of carbonyl (C=O) groups is 2. The van der Waals surface area contributed by atoms with Gasteiger partial charge < -0.3 is 15.6 Å². The molecule has 0 aliphatic rings. The van der Waals surface area contributed by atoms with Gasteiger partial charge in [-0.3, -0.25) is 9.59 Å². The van der Waals surface area contributed by atoms with Gasteiger partial charge in [-0.2, -0.15) is 0 Å². The molecule has 1 atom stereocenters. The molecule has 0 bridgehead atoms. The van der Waals surface area contributed by atoms with Gasteiger partial charge in [-0.25, -0.2) is 0 Å². The molecule has 0 aromatic heterocycles. The molecule has 0 aromatic carbocycles. The molecule has 0 aliphatic heterocycles. The average Bonchev–Trinajstić information content (AvgIpc) is 2.64. The summed E-state index contributed by atoms with van der Waals surface area (Å²) in [5.74, 6) is -1.22. The molecule has 158 valence electrons. The van der Waals surface area contributed by atoms with E-state index in [0.29, 0.717) is 0 Å². The SMILES string of the molecule is CCCCCCCCC=CCCCCCCCC(=O)OC(=O)CC(O)CN. The second-order valence-corrected chi connectivity index (χ2v) is 7.27.